The van der Waals surface area contributed by atoms with Crippen molar-refractivity contribution in [2.24, 2.45) is 0 Å². The van der Waals surface area contributed by atoms with E-state index in [1.54, 1.807) is 12.1 Å². The fraction of sp³-hybridized carbons (Fsp3) is 0.600. The molecule has 1 aromatic carbocycles. The highest BCUT2D eigenvalue weighted by atomic mass is 16.6. The number of likely N-dealkylation sites (N-methyl/N-ethyl adjacent to an activating group) is 1. The van der Waals surface area contributed by atoms with E-state index in [9.17, 15) is 10.1 Å². The highest BCUT2D eigenvalue weighted by molar-refractivity contribution is 5.53. The van der Waals surface area contributed by atoms with Gasteiger partial charge in [-0.3, -0.25) is 10.1 Å². The summed E-state index contributed by atoms with van der Waals surface area (Å²) in [5, 5.41) is 14.1. The van der Waals surface area contributed by atoms with Crippen LogP contribution in [-0.2, 0) is 0 Å². The van der Waals surface area contributed by atoms with Crippen molar-refractivity contribution >= 4 is 11.4 Å². The number of aryl methyl sites for hydroxylation is 1. The molecular weight excluding hydrogens is 254 g/mol. The largest absolute Gasteiger partial charge is 0.384 e. The maximum Gasteiger partial charge on any atom is 0.271 e. The first-order chi connectivity index (χ1) is 9.56. The van der Waals surface area contributed by atoms with Crippen LogP contribution < -0.4 is 5.32 Å². The molecule has 0 unspecified atom stereocenters. The summed E-state index contributed by atoms with van der Waals surface area (Å²) in [6, 6.07) is 5.85. The van der Waals surface area contributed by atoms with Crippen molar-refractivity contribution in [1.82, 2.24) is 4.90 Å². The third-order valence-corrected chi connectivity index (χ3v) is 4.01. The Bertz CT molecular complexity index is 470. The molecule has 5 nitrogen and oxygen atoms in total. The molecule has 20 heavy (non-hydrogen) atoms. The minimum atomic E-state index is -0.344. The molecule has 0 radical (unpaired) electrons. The molecule has 110 valence electrons. The molecule has 2 rings (SSSR count). The number of nitrogens with one attached hydrogen (secondary N) is 1. The second kappa shape index (κ2) is 6.70. The fourth-order valence-electron chi connectivity index (χ4n) is 2.87. The first kappa shape index (κ1) is 14.8. The average Bonchev–Trinajstić information content (AvgIpc) is 2.91. The zero-order chi connectivity index (χ0) is 14.5. The van der Waals surface area contributed by atoms with Crippen LogP contribution in [0.4, 0.5) is 11.4 Å². The molecular formula is C15H23N3O2. The van der Waals surface area contributed by atoms with Gasteiger partial charge in [0.2, 0.25) is 0 Å². The van der Waals surface area contributed by atoms with E-state index in [0.717, 1.165) is 24.3 Å². The maximum atomic E-state index is 10.8. The van der Waals surface area contributed by atoms with E-state index < -0.39 is 0 Å². The van der Waals surface area contributed by atoms with Crippen molar-refractivity contribution in [3.05, 3.63) is 33.9 Å². The summed E-state index contributed by atoms with van der Waals surface area (Å²) in [5.74, 6) is 0. The Morgan fingerprint density at radius 1 is 1.35 bits per heavy atom. The molecule has 0 aliphatic heterocycles. The van der Waals surface area contributed by atoms with Crippen molar-refractivity contribution in [3.63, 3.8) is 0 Å². The van der Waals surface area contributed by atoms with E-state index in [4.69, 9.17) is 0 Å². The lowest BCUT2D eigenvalue weighted by atomic mass is 10.2. The Morgan fingerprint density at radius 3 is 2.70 bits per heavy atom. The third kappa shape index (κ3) is 3.93. The molecule has 1 fully saturated rings. The summed E-state index contributed by atoms with van der Waals surface area (Å²) >= 11 is 0. The van der Waals surface area contributed by atoms with Crippen LogP contribution in [-0.4, -0.2) is 36.0 Å². The molecule has 0 amide bonds. The van der Waals surface area contributed by atoms with Crippen molar-refractivity contribution in [1.29, 1.82) is 0 Å². The minimum Gasteiger partial charge on any atom is -0.384 e. The third-order valence-electron chi connectivity index (χ3n) is 4.01. The van der Waals surface area contributed by atoms with Gasteiger partial charge in [-0.15, -0.1) is 0 Å². The molecule has 0 bridgehead atoms. The van der Waals surface area contributed by atoms with Crippen molar-refractivity contribution in [2.75, 3.05) is 25.5 Å². The Labute approximate surface area is 120 Å². The van der Waals surface area contributed by atoms with Crippen LogP contribution in [0.2, 0.25) is 0 Å². The zero-order valence-electron chi connectivity index (χ0n) is 12.3. The topological polar surface area (TPSA) is 58.4 Å². The van der Waals surface area contributed by atoms with Crippen molar-refractivity contribution in [2.45, 2.75) is 38.6 Å². The number of anilines is 1. The predicted octanol–water partition coefficient (Wildman–Crippen LogP) is 3.19. The van der Waals surface area contributed by atoms with E-state index >= 15 is 0 Å². The summed E-state index contributed by atoms with van der Waals surface area (Å²) in [7, 11) is 2.16. The van der Waals surface area contributed by atoms with Gasteiger partial charge in [0, 0.05) is 37.0 Å². The zero-order valence-corrected chi connectivity index (χ0v) is 12.3. The standard InChI is InChI=1S/C15H23N3O2/c1-12-9-13(11-15(10-12)18(19)20)16-7-8-17(2)14-5-3-4-6-14/h9-11,14,16H,3-8H2,1-2H3. The smallest absolute Gasteiger partial charge is 0.271 e. The second-order valence-electron chi connectivity index (χ2n) is 5.66. The molecule has 1 saturated carbocycles. The van der Waals surface area contributed by atoms with Gasteiger partial charge in [0.25, 0.3) is 5.69 Å². The normalized spacial score (nSPS) is 15.8. The van der Waals surface area contributed by atoms with Crippen LogP contribution in [0.5, 0.6) is 0 Å². The number of non-ortho nitro benzene ring substituents is 1. The molecule has 0 atom stereocenters. The van der Waals surface area contributed by atoms with Gasteiger partial charge in [0.05, 0.1) is 4.92 Å². The Balaban J connectivity index is 1.85. The lowest BCUT2D eigenvalue weighted by Crippen LogP contribution is -2.33. The summed E-state index contributed by atoms with van der Waals surface area (Å²) in [4.78, 5) is 12.9. The summed E-state index contributed by atoms with van der Waals surface area (Å²) in [6.45, 7) is 3.66. The molecule has 0 aromatic heterocycles. The molecule has 0 saturated heterocycles. The quantitative estimate of drug-likeness (QED) is 0.641. The number of hydrogen-bond donors (Lipinski definition) is 1. The van der Waals surface area contributed by atoms with Crippen LogP contribution in [0.25, 0.3) is 0 Å². The van der Waals surface area contributed by atoms with E-state index in [-0.39, 0.29) is 10.6 Å². The van der Waals surface area contributed by atoms with Crippen molar-refractivity contribution < 1.29 is 4.92 Å². The van der Waals surface area contributed by atoms with Crippen LogP contribution in [0.15, 0.2) is 18.2 Å². The number of rotatable bonds is 6. The van der Waals surface area contributed by atoms with Crippen LogP contribution in [0.3, 0.4) is 0 Å². The van der Waals surface area contributed by atoms with Gasteiger partial charge >= 0.3 is 0 Å². The van der Waals surface area contributed by atoms with Gasteiger partial charge in [0.1, 0.15) is 0 Å². The summed E-state index contributed by atoms with van der Waals surface area (Å²) in [5.41, 5.74) is 1.89. The van der Waals surface area contributed by atoms with Gasteiger partial charge in [-0.25, -0.2) is 0 Å². The Hall–Kier alpha value is -1.62. The van der Waals surface area contributed by atoms with Gasteiger partial charge in [-0.2, -0.15) is 0 Å². The van der Waals surface area contributed by atoms with Gasteiger partial charge in [0.15, 0.2) is 0 Å². The Kier molecular flexibility index (Phi) is 4.95. The first-order valence-electron chi connectivity index (χ1n) is 7.26. The summed E-state index contributed by atoms with van der Waals surface area (Å²) < 4.78 is 0. The van der Waals surface area contributed by atoms with Crippen LogP contribution >= 0.6 is 0 Å². The molecule has 1 aliphatic carbocycles. The van der Waals surface area contributed by atoms with E-state index in [1.165, 1.54) is 25.7 Å². The molecule has 1 N–H and O–H groups in total. The lowest BCUT2D eigenvalue weighted by molar-refractivity contribution is -0.384. The van der Waals surface area contributed by atoms with Crippen LogP contribution in [0, 0.1) is 17.0 Å². The lowest BCUT2D eigenvalue weighted by Gasteiger charge is -2.24. The maximum absolute atomic E-state index is 10.8. The number of nitro groups is 1. The first-order valence-corrected chi connectivity index (χ1v) is 7.26. The van der Waals surface area contributed by atoms with Gasteiger partial charge in [-0.05, 0) is 38.4 Å². The number of nitro benzene ring substituents is 1. The van der Waals surface area contributed by atoms with Gasteiger partial charge < -0.3 is 10.2 Å². The minimum absolute atomic E-state index is 0.150. The predicted molar refractivity (Wildman–Crippen MR) is 81.2 cm³/mol. The van der Waals surface area contributed by atoms with Crippen molar-refractivity contribution in [3.8, 4) is 0 Å². The summed E-state index contributed by atoms with van der Waals surface area (Å²) in [6.07, 6.45) is 5.28. The van der Waals surface area contributed by atoms with Gasteiger partial charge in [-0.1, -0.05) is 12.8 Å². The number of benzene rings is 1. The highest BCUT2D eigenvalue weighted by Crippen LogP contribution is 2.22. The molecule has 1 aromatic rings. The second-order valence-corrected chi connectivity index (χ2v) is 5.66. The Morgan fingerprint density at radius 2 is 2.05 bits per heavy atom. The van der Waals surface area contributed by atoms with Crippen LogP contribution in [0.1, 0.15) is 31.2 Å². The average molecular weight is 277 g/mol. The number of hydrogen-bond acceptors (Lipinski definition) is 4. The van der Waals surface area contributed by atoms with E-state index in [1.807, 2.05) is 13.0 Å². The fourth-order valence-corrected chi connectivity index (χ4v) is 2.87. The monoisotopic (exact) mass is 277 g/mol. The molecule has 0 spiro atoms. The number of nitrogens with zero attached hydrogens (tertiary/aromatic N) is 2. The van der Waals surface area contributed by atoms with E-state index in [2.05, 4.69) is 17.3 Å². The highest BCUT2D eigenvalue weighted by Gasteiger charge is 2.18. The molecule has 5 heteroatoms. The SMILES string of the molecule is Cc1cc(NCCN(C)C2CCCC2)cc([N+](=O)[O-])c1. The molecule has 0 heterocycles. The molecule has 1 aliphatic rings. The van der Waals surface area contributed by atoms with E-state index in [0.29, 0.717) is 6.04 Å².